The normalized spacial score (nSPS) is 10.7. The molecule has 2 aromatic carbocycles. The number of hydrogen-bond acceptors (Lipinski definition) is 5. The number of aliphatic carboxylic acids is 1. The van der Waals surface area contributed by atoms with E-state index in [0.717, 1.165) is 12.0 Å². The van der Waals surface area contributed by atoms with E-state index in [1.54, 1.807) is 30.3 Å². The summed E-state index contributed by atoms with van der Waals surface area (Å²) in [5.41, 5.74) is 2.79. The van der Waals surface area contributed by atoms with Gasteiger partial charge in [-0.25, -0.2) is 4.79 Å². The fourth-order valence-corrected chi connectivity index (χ4v) is 2.86. The van der Waals surface area contributed by atoms with Crippen LogP contribution < -0.4 is 14.8 Å². The molecule has 0 aliphatic rings. The lowest BCUT2D eigenvalue weighted by Crippen LogP contribution is -2.13. The number of allylic oxidation sites excluding steroid dienone is 1. The molecule has 0 saturated carbocycles. The number of carbonyl (C=O) groups excluding carboxylic acids is 1. The smallest absolute Gasteiger partial charge is 0.341 e. The number of nitriles is 1. The lowest BCUT2D eigenvalue weighted by Gasteiger charge is -2.15. The van der Waals surface area contributed by atoms with Crippen molar-refractivity contribution in [2.24, 2.45) is 0 Å². The number of carboxylic acid groups (broad SMARTS) is 1. The molecule has 0 saturated heterocycles. The Morgan fingerprint density at radius 1 is 1.26 bits per heavy atom. The molecule has 0 heterocycles. The van der Waals surface area contributed by atoms with E-state index in [2.05, 4.69) is 11.9 Å². The van der Waals surface area contributed by atoms with Gasteiger partial charge in [0.2, 0.25) is 0 Å². The maximum Gasteiger partial charge on any atom is 0.341 e. The van der Waals surface area contributed by atoms with Gasteiger partial charge in [0.15, 0.2) is 18.1 Å². The van der Waals surface area contributed by atoms with Crippen LogP contribution in [-0.4, -0.2) is 30.7 Å². The molecule has 1 amide bonds. The molecular formula is C24H24N2O5. The number of ether oxygens (including phenoxy) is 2. The van der Waals surface area contributed by atoms with Gasteiger partial charge in [-0.3, -0.25) is 4.79 Å². The van der Waals surface area contributed by atoms with E-state index in [4.69, 9.17) is 14.6 Å². The van der Waals surface area contributed by atoms with E-state index >= 15 is 0 Å². The van der Waals surface area contributed by atoms with Crippen LogP contribution in [0.2, 0.25) is 0 Å². The van der Waals surface area contributed by atoms with Crippen LogP contribution in [0.25, 0.3) is 6.08 Å². The molecule has 2 aromatic rings. The van der Waals surface area contributed by atoms with Crippen molar-refractivity contribution < 1.29 is 24.2 Å². The molecule has 0 spiro atoms. The van der Waals surface area contributed by atoms with Crippen molar-refractivity contribution in [3.05, 3.63) is 71.3 Å². The van der Waals surface area contributed by atoms with Crippen LogP contribution in [-0.2, 0) is 22.4 Å². The molecule has 0 aromatic heterocycles. The Hall–Kier alpha value is -4.05. The quantitative estimate of drug-likeness (QED) is 0.342. The second kappa shape index (κ2) is 11.2. The minimum absolute atomic E-state index is 0.0922. The van der Waals surface area contributed by atoms with E-state index in [9.17, 15) is 14.9 Å². The lowest BCUT2D eigenvalue weighted by atomic mass is 10.0. The van der Waals surface area contributed by atoms with Crippen LogP contribution >= 0.6 is 0 Å². The number of aryl methyl sites for hydroxylation is 1. The second-order valence-electron chi connectivity index (χ2n) is 6.56. The van der Waals surface area contributed by atoms with E-state index in [1.165, 1.54) is 13.2 Å². The summed E-state index contributed by atoms with van der Waals surface area (Å²) in [5.74, 6) is -1.09. The number of anilines is 1. The lowest BCUT2D eigenvalue weighted by molar-refractivity contribution is -0.139. The first-order chi connectivity index (χ1) is 14.9. The molecule has 0 aliphatic carbocycles. The monoisotopic (exact) mass is 420 g/mol. The third-order valence-electron chi connectivity index (χ3n) is 4.37. The third kappa shape index (κ3) is 6.47. The third-order valence-corrected chi connectivity index (χ3v) is 4.37. The highest BCUT2D eigenvalue weighted by Crippen LogP contribution is 2.34. The standard InChI is InChI=1S/C24H24N2O5/c1-4-6-18-11-17(13-21(30-3)23(18)31-15-22(27)28)12-19(14-25)24(29)26-20-9-7-16(5-2)8-10-20/h4,7-13H,1,5-6,15H2,2-3H3,(H,26,29)(H,27,28)/b19-12-. The zero-order chi connectivity index (χ0) is 22.8. The Labute approximate surface area is 181 Å². The van der Waals surface area contributed by atoms with Crippen LogP contribution in [0, 0.1) is 11.3 Å². The largest absolute Gasteiger partial charge is 0.493 e. The minimum atomic E-state index is -1.12. The molecule has 7 heteroatoms. The number of carbonyl (C=O) groups is 2. The molecule has 0 bridgehead atoms. The fraction of sp³-hybridized carbons (Fsp3) is 0.208. The number of rotatable bonds is 10. The fourth-order valence-electron chi connectivity index (χ4n) is 2.86. The van der Waals surface area contributed by atoms with Crippen molar-refractivity contribution in [1.82, 2.24) is 0 Å². The molecule has 31 heavy (non-hydrogen) atoms. The highest BCUT2D eigenvalue weighted by molar-refractivity contribution is 6.09. The summed E-state index contributed by atoms with van der Waals surface area (Å²) in [7, 11) is 1.42. The SMILES string of the molecule is C=CCc1cc(/C=C(/C#N)C(=O)Nc2ccc(CC)cc2)cc(OC)c1OCC(=O)O. The Morgan fingerprint density at radius 2 is 1.97 bits per heavy atom. The predicted molar refractivity (Wildman–Crippen MR) is 118 cm³/mol. The number of nitrogens with one attached hydrogen (secondary N) is 1. The van der Waals surface area contributed by atoms with Gasteiger partial charge in [-0.05, 0) is 54.3 Å². The molecule has 0 atom stereocenters. The van der Waals surface area contributed by atoms with E-state index in [1.807, 2.05) is 25.1 Å². The molecule has 160 valence electrons. The number of benzene rings is 2. The highest BCUT2D eigenvalue weighted by Gasteiger charge is 2.15. The molecule has 2 rings (SSSR count). The number of hydrogen-bond donors (Lipinski definition) is 2. The van der Waals surface area contributed by atoms with Crippen molar-refractivity contribution in [2.75, 3.05) is 19.0 Å². The first-order valence-corrected chi connectivity index (χ1v) is 9.60. The maximum atomic E-state index is 12.6. The van der Waals surface area contributed by atoms with Gasteiger partial charge in [-0.1, -0.05) is 25.1 Å². The summed E-state index contributed by atoms with van der Waals surface area (Å²) in [6.07, 6.45) is 4.34. The average Bonchev–Trinajstić information content (AvgIpc) is 2.76. The van der Waals surface area contributed by atoms with Crippen molar-refractivity contribution in [3.63, 3.8) is 0 Å². The van der Waals surface area contributed by atoms with Gasteiger partial charge in [0, 0.05) is 11.3 Å². The van der Waals surface area contributed by atoms with Crippen molar-refractivity contribution in [2.45, 2.75) is 19.8 Å². The van der Waals surface area contributed by atoms with E-state index in [-0.39, 0.29) is 11.3 Å². The first-order valence-electron chi connectivity index (χ1n) is 9.60. The molecule has 0 fully saturated rings. The molecule has 0 radical (unpaired) electrons. The predicted octanol–water partition coefficient (Wildman–Crippen LogP) is 4.00. The Morgan fingerprint density at radius 3 is 2.52 bits per heavy atom. The Balaban J connectivity index is 2.35. The highest BCUT2D eigenvalue weighted by atomic mass is 16.5. The first kappa shape index (κ1) is 23.2. The van der Waals surface area contributed by atoms with Gasteiger partial charge < -0.3 is 19.9 Å². The number of amides is 1. The summed E-state index contributed by atoms with van der Waals surface area (Å²) in [4.78, 5) is 23.5. The summed E-state index contributed by atoms with van der Waals surface area (Å²) >= 11 is 0. The number of nitrogens with zero attached hydrogens (tertiary/aromatic N) is 1. The van der Waals surface area contributed by atoms with Crippen LogP contribution in [0.4, 0.5) is 5.69 Å². The van der Waals surface area contributed by atoms with Gasteiger partial charge in [-0.15, -0.1) is 6.58 Å². The molecule has 0 aliphatic heterocycles. The zero-order valence-electron chi connectivity index (χ0n) is 17.5. The molecule has 7 nitrogen and oxygen atoms in total. The second-order valence-corrected chi connectivity index (χ2v) is 6.56. The average molecular weight is 420 g/mol. The summed E-state index contributed by atoms with van der Waals surface area (Å²) in [6, 6.07) is 12.6. The molecule has 2 N–H and O–H groups in total. The Bertz CT molecular complexity index is 1030. The van der Waals surface area contributed by atoms with E-state index < -0.39 is 18.5 Å². The zero-order valence-corrected chi connectivity index (χ0v) is 17.5. The van der Waals surface area contributed by atoms with Gasteiger partial charge >= 0.3 is 5.97 Å². The molecular weight excluding hydrogens is 396 g/mol. The topological polar surface area (TPSA) is 109 Å². The molecule has 0 unspecified atom stereocenters. The van der Waals surface area contributed by atoms with Crippen molar-refractivity contribution >= 4 is 23.6 Å². The van der Waals surface area contributed by atoms with Gasteiger partial charge in [0.25, 0.3) is 5.91 Å². The number of carboxylic acids is 1. The Kier molecular flexibility index (Phi) is 8.41. The van der Waals surface area contributed by atoms with Crippen molar-refractivity contribution in [1.29, 1.82) is 5.26 Å². The van der Waals surface area contributed by atoms with Gasteiger partial charge in [-0.2, -0.15) is 5.26 Å². The van der Waals surface area contributed by atoms with E-state index in [0.29, 0.717) is 29.0 Å². The van der Waals surface area contributed by atoms with Gasteiger partial charge in [0.1, 0.15) is 11.6 Å². The van der Waals surface area contributed by atoms with Crippen molar-refractivity contribution in [3.8, 4) is 17.6 Å². The van der Waals surface area contributed by atoms with Gasteiger partial charge in [0.05, 0.1) is 7.11 Å². The minimum Gasteiger partial charge on any atom is -0.493 e. The van der Waals surface area contributed by atoms with Crippen LogP contribution in [0.1, 0.15) is 23.6 Å². The number of methoxy groups -OCH3 is 1. The summed E-state index contributed by atoms with van der Waals surface area (Å²) in [6.45, 7) is 5.21. The van der Waals surface area contributed by atoms with Crippen LogP contribution in [0.15, 0.2) is 54.6 Å². The maximum absolute atomic E-state index is 12.6. The van der Waals surface area contributed by atoms with Crippen LogP contribution in [0.3, 0.4) is 0 Å². The summed E-state index contributed by atoms with van der Waals surface area (Å²) in [5, 5.41) is 21.1. The summed E-state index contributed by atoms with van der Waals surface area (Å²) < 4.78 is 10.7. The van der Waals surface area contributed by atoms with Crippen LogP contribution in [0.5, 0.6) is 11.5 Å².